The molecule has 3 rings (SSSR count). The SMILES string of the molecule is CCOc1cc(/C=N/NC(=O)C(=O)Nc2cc(C(F)(F)F)ccc2Cl)cc(Br)c1OCc1ccc(Cl)cc1. The van der Waals surface area contributed by atoms with Gasteiger partial charge in [0.1, 0.15) is 6.61 Å². The third-order valence-electron chi connectivity index (χ3n) is 4.76. The van der Waals surface area contributed by atoms with Crippen LogP contribution >= 0.6 is 39.1 Å². The predicted molar refractivity (Wildman–Crippen MR) is 142 cm³/mol. The number of amides is 2. The van der Waals surface area contributed by atoms with E-state index in [2.05, 4.69) is 21.0 Å². The molecule has 0 atom stereocenters. The van der Waals surface area contributed by atoms with Crippen LogP contribution in [0.15, 0.2) is 64.2 Å². The first kappa shape index (κ1) is 29.3. The van der Waals surface area contributed by atoms with Crippen molar-refractivity contribution >= 4 is 62.8 Å². The standard InChI is InChI=1S/C25H19BrCl2F3N3O4/c1-2-37-21-10-15(9-18(26)22(21)38-13-14-3-6-17(27)7-4-14)12-32-34-24(36)23(35)33-20-11-16(25(29,30)31)5-8-19(20)28/h3-12H,2,13H2,1H3,(H,33,35)(H,34,36)/b32-12+. The Kier molecular flexibility index (Phi) is 10.0. The Balaban J connectivity index is 1.66. The van der Waals surface area contributed by atoms with Crippen molar-refractivity contribution in [1.29, 1.82) is 0 Å². The molecule has 13 heteroatoms. The lowest BCUT2D eigenvalue weighted by Gasteiger charge is -2.14. The summed E-state index contributed by atoms with van der Waals surface area (Å²) >= 11 is 15.2. The van der Waals surface area contributed by atoms with Gasteiger partial charge in [0.2, 0.25) is 0 Å². The summed E-state index contributed by atoms with van der Waals surface area (Å²) in [6.07, 6.45) is -3.40. The molecule has 3 aromatic carbocycles. The summed E-state index contributed by atoms with van der Waals surface area (Å²) in [6, 6.07) is 12.8. The van der Waals surface area contributed by atoms with Gasteiger partial charge in [-0.05, 0) is 76.4 Å². The van der Waals surface area contributed by atoms with Gasteiger partial charge in [0.15, 0.2) is 11.5 Å². The van der Waals surface area contributed by atoms with Gasteiger partial charge in [0.05, 0.1) is 33.6 Å². The minimum absolute atomic E-state index is 0.172. The van der Waals surface area contributed by atoms with E-state index < -0.39 is 23.6 Å². The summed E-state index contributed by atoms with van der Waals surface area (Å²) in [4.78, 5) is 24.2. The lowest BCUT2D eigenvalue weighted by molar-refractivity contribution is -0.137. The van der Waals surface area contributed by atoms with Crippen molar-refractivity contribution in [2.45, 2.75) is 19.7 Å². The molecule has 0 unspecified atom stereocenters. The number of alkyl halides is 3. The lowest BCUT2D eigenvalue weighted by atomic mass is 10.2. The number of rotatable bonds is 8. The van der Waals surface area contributed by atoms with Gasteiger partial charge >= 0.3 is 18.0 Å². The van der Waals surface area contributed by atoms with Crippen molar-refractivity contribution in [3.05, 3.63) is 85.8 Å². The second kappa shape index (κ2) is 13.0. The van der Waals surface area contributed by atoms with Crippen LogP contribution in [0.5, 0.6) is 11.5 Å². The van der Waals surface area contributed by atoms with Gasteiger partial charge < -0.3 is 14.8 Å². The minimum Gasteiger partial charge on any atom is -0.490 e. The molecule has 0 aromatic heterocycles. The number of nitrogens with zero attached hydrogens (tertiary/aromatic N) is 1. The summed E-state index contributed by atoms with van der Waals surface area (Å²) in [5.74, 6) is -1.63. The molecule has 7 nitrogen and oxygen atoms in total. The Morgan fingerprint density at radius 1 is 1.03 bits per heavy atom. The molecular formula is C25H19BrCl2F3N3O4. The molecule has 0 bridgehead atoms. The van der Waals surface area contributed by atoms with Gasteiger partial charge in [-0.15, -0.1) is 0 Å². The number of ether oxygens (including phenoxy) is 2. The Bertz CT molecular complexity index is 1350. The second-order valence-corrected chi connectivity index (χ2v) is 9.22. The third-order valence-corrected chi connectivity index (χ3v) is 5.93. The smallest absolute Gasteiger partial charge is 0.416 e. The fraction of sp³-hybridized carbons (Fsp3) is 0.160. The molecule has 3 aromatic rings. The first-order valence-electron chi connectivity index (χ1n) is 10.8. The van der Waals surface area contributed by atoms with Crippen molar-refractivity contribution in [3.63, 3.8) is 0 Å². The number of carbonyl (C=O) groups excluding carboxylic acids is 2. The normalized spacial score (nSPS) is 11.3. The number of hydrazone groups is 1. The average molecular weight is 633 g/mol. The molecule has 0 aliphatic heterocycles. The van der Waals surface area contributed by atoms with Gasteiger partial charge in [0, 0.05) is 5.02 Å². The Morgan fingerprint density at radius 3 is 2.39 bits per heavy atom. The van der Waals surface area contributed by atoms with E-state index in [1.807, 2.05) is 22.9 Å². The summed E-state index contributed by atoms with van der Waals surface area (Å²) in [7, 11) is 0. The van der Waals surface area contributed by atoms with Crippen molar-refractivity contribution < 1.29 is 32.2 Å². The predicted octanol–water partition coefficient (Wildman–Crippen LogP) is 6.84. The van der Waals surface area contributed by atoms with Crippen LogP contribution in [-0.4, -0.2) is 24.6 Å². The number of anilines is 1. The molecular weight excluding hydrogens is 614 g/mol. The zero-order valence-corrected chi connectivity index (χ0v) is 22.6. The fourth-order valence-electron chi connectivity index (χ4n) is 2.99. The zero-order valence-electron chi connectivity index (χ0n) is 19.5. The summed E-state index contributed by atoms with van der Waals surface area (Å²) in [5.41, 5.74) is 1.98. The largest absolute Gasteiger partial charge is 0.490 e. The van der Waals surface area contributed by atoms with Crippen LogP contribution in [0.3, 0.4) is 0 Å². The van der Waals surface area contributed by atoms with E-state index >= 15 is 0 Å². The van der Waals surface area contributed by atoms with Crippen LogP contribution < -0.4 is 20.2 Å². The maximum Gasteiger partial charge on any atom is 0.416 e. The molecule has 0 heterocycles. The molecule has 0 aliphatic carbocycles. The van der Waals surface area contributed by atoms with E-state index in [9.17, 15) is 22.8 Å². The quantitative estimate of drug-likeness (QED) is 0.162. The minimum atomic E-state index is -4.65. The fourth-order valence-corrected chi connectivity index (χ4v) is 3.86. The van der Waals surface area contributed by atoms with Crippen LogP contribution in [0.4, 0.5) is 18.9 Å². The molecule has 0 radical (unpaired) electrons. The first-order valence-corrected chi connectivity index (χ1v) is 12.4. The van der Waals surface area contributed by atoms with Gasteiger partial charge in [-0.3, -0.25) is 9.59 Å². The van der Waals surface area contributed by atoms with E-state index in [0.717, 1.165) is 17.7 Å². The lowest BCUT2D eigenvalue weighted by Crippen LogP contribution is -2.32. The summed E-state index contributed by atoms with van der Waals surface area (Å²) in [5, 5.41) is 6.20. The van der Waals surface area contributed by atoms with Crippen LogP contribution in [0, 0.1) is 0 Å². The molecule has 38 heavy (non-hydrogen) atoms. The average Bonchev–Trinajstić information content (AvgIpc) is 2.85. The maximum absolute atomic E-state index is 12.9. The zero-order chi connectivity index (χ0) is 27.9. The highest BCUT2D eigenvalue weighted by Crippen LogP contribution is 2.37. The van der Waals surface area contributed by atoms with Crippen molar-refractivity contribution in [3.8, 4) is 11.5 Å². The topological polar surface area (TPSA) is 89.0 Å². The van der Waals surface area contributed by atoms with E-state index in [1.165, 1.54) is 6.21 Å². The van der Waals surface area contributed by atoms with Crippen molar-refractivity contribution in [1.82, 2.24) is 5.43 Å². The number of benzene rings is 3. The van der Waals surface area contributed by atoms with Gasteiger partial charge in [-0.25, -0.2) is 5.43 Å². The maximum atomic E-state index is 12.9. The molecule has 0 aliphatic rings. The Labute approximate surface area is 234 Å². The number of carbonyl (C=O) groups is 2. The van der Waals surface area contributed by atoms with Gasteiger partial charge in [0.25, 0.3) is 0 Å². The molecule has 0 fully saturated rings. The van der Waals surface area contributed by atoms with Crippen molar-refractivity contribution in [2.24, 2.45) is 5.10 Å². The highest BCUT2D eigenvalue weighted by atomic mass is 79.9. The molecule has 2 amide bonds. The van der Waals surface area contributed by atoms with Crippen LogP contribution in [0.2, 0.25) is 10.0 Å². The summed E-state index contributed by atoms with van der Waals surface area (Å²) < 4.78 is 50.8. The molecule has 0 saturated carbocycles. The van der Waals surface area contributed by atoms with E-state index in [4.69, 9.17) is 32.7 Å². The third kappa shape index (κ3) is 8.11. The number of halogens is 6. The van der Waals surface area contributed by atoms with Gasteiger partial charge in [-0.2, -0.15) is 18.3 Å². The summed E-state index contributed by atoms with van der Waals surface area (Å²) in [6.45, 7) is 2.40. The highest BCUT2D eigenvalue weighted by Gasteiger charge is 2.31. The van der Waals surface area contributed by atoms with E-state index in [1.54, 1.807) is 31.2 Å². The number of hydrogen-bond acceptors (Lipinski definition) is 5. The van der Waals surface area contributed by atoms with Crippen LogP contribution in [0.1, 0.15) is 23.6 Å². The Hall–Kier alpha value is -3.28. The van der Waals surface area contributed by atoms with Crippen LogP contribution in [-0.2, 0) is 22.4 Å². The molecule has 2 N–H and O–H groups in total. The number of hydrogen-bond donors (Lipinski definition) is 2. The highest BCUT2D eigenvalue weighted by molar-refractivity contribution is 9.10. The van der Waals surface area contributed by atoms with E-state index in [-0.39, 0.29) is 17.3 Å². The van der Waals surface area contributed by atoms with E-state index in [0.29, 0.717) is 39.2 Å². The first-order chi connectivity index (χ1) is 18.0. The van der Waals surface area contributed by atoms with Crippen molar-refractivity contribution in [2.75, 3.05) is 11.9 Å². The van der Waals surface area contributed by atoms with Gasteiger partial charge in [-0.1, -0.05) is 35.3 Å². The molecule has 0 spiro atoms. The molecule has 0 saturated heterocycles. The molecule has 200 valence electrons. The van der Waals surface area contributed by atoms with Crippen LogP contribution in [0.25, 0.3) is 0 Å². The monoisotopic (exact) mass is 631 g/mol. The Morgan fingerprint density at radius 2 is 1.74 bits per heavy atom. The second-order valence-electron chi connectivity index (χ2n) is 7.52. The number of nitrogens with one attached hydrogen (secondary N) is 2.